The molecule has 3 rings (SSSR count). The van der Waals surface area contributed by atoms with Crippen molar-refractivity contribution in [3.8, 4) is 0 Å². The van der Waals surface area contributed by atoms with E-state index in [1.54, 1.807) is 45.9 Å². The number of nitrogens with zero attached hydrogens (tertiary/aromatic N) is 1. The van der Waals surface area contributed by atoms with Crippen molar-refractivity contribution in [2.45, 2.75) is 45.5 Å². The van der Waals surface area contributed by atoms with Crippen LogP contribution in [0.5, 0.6) is 0 Å². The fourth-order valence-electron chi connectivity index (χ4n) is 3.21. The number of morpholine rings is 1. The molecule has 0 bridgehead atoms. The van der Waals surface area contributed by atoms with Gasteiger partial charge >= 0.3 is 5.97 Å². The fourth-order valence-corrected chi connectivity index (χ4v) is 3.21. The minimum absolute atomic E-state index is 0.152. The molecule has 2 heterocycles. The highest BCUT2D eigenvalue weighted by atomic mass is 16.6. The molecule has 1 aliphatic rings. The first kappa shape index (κ1) is 20.0. The fraction of sp³-hybridized carbons (Fsp3) is 0.450. The number of esters is 1. The number of hydrogen-bond acceptors (Lipinski definition) is 6. The Bertz CT molecular complexity index is 975. The van der Waals surface area contributed by atoms with E-state index in [0.29, 0.717) is 11.2 Å². The van der Waals surface area contributed by atoms with Gasteiger partial charge in [0, 0.05) is 18.3 Å². The van der Waals surface area contributed by atoms with E-state index in [9.17, 15) is 19.5 Å². The number of hydrogen-bond donors (Lipinski definition) is 2. The van der Waals surface area contributed by atoms with Gasteiger partial charge in [-0.05, 0) is 50.8 Å². The van der Waals surface area contributed by atoms with E-state index in [1.807, 2.05) is 0 Å². The average molecular weight is 388 g/mol. The first-order valence-electron chi connectivity index (χ1n) is 9.05. The van der Waals surface area contributed by atoms with Gasteiger partial charge in [0.1, 0.15) is 5.60 Å². The number of rotatable bonds is 3. The summed E-state index contributed by atoms with van der Waals surface area (Å²) in [6.07, 6.45) is -3.08. The quantitative estimate of drug-likeness (QED) is 0.767. The second kappa shape index (κ2) is 7.37. The number of H-pyrrole nitrogens is 1. The van der Waals surface area contributed by atoms with Gasteiger partial charge in [0.05, 0.1) is 12.1 Å². The SMILES string of the molecule is Cc1c(N2CCO[C@H]([C@@H](O)C(=O)OC(C)(C)C)C2=O)ccc2ccc(=O)[nH]c12. The molecule has 1 aromatic carbocycles. The van der Waals surface area contributed by atoms with Crippen LogP contribution in [0.4, 0.5) is 5.69 Å². The van der Waals surface area contributed by atoms with Crippen molar-refractivity contribution < 1.29 is 24.2 Å². The Labute approximate surface area is 162 Å². The van der Waals surface area contributed by atoms with E-state index in [2.05, 4.69) is 4.98 Å². The molecule has 0 aliphatic carbocycles. The standard InChI is InChI=1S/C20H24N2O6/c1-11-13(7-5-12-6-8-14(23)21-15(11)12)22-9-10-27-17(18(22)25)16(24)19(26)28-20(2,3)4/h5-8,16-17,24H,9-10H2,1-4H3,(H,21,23)/t16-,17-/m1/s1. The Kier molecular flexibility index (Phi) is 5.27. The Morgan fingerprint density at radius 2 is 1.96 bits per heavy atom. The molecule has 2 atom stereocenters. The molecule has 1 aromatic heterocycles. The molecule has 28 heavy (non-hydrogen) atoms. The number of fused-ring (bicyclic) bond motifs is 1. The maximum atomic E-state index is 13.0. The van der Waals surface area contributed by atoms with Crippen LogP contribution >= 0.6 is 0 Å². The summed E-state index contributed by atoms with van der Waals surface area (Å²) in [6, 6.07) is 6.72. The molecule has 1 aliphatic heterocycles. The molecule has 8 heteroatoms. The Balaban J connectivity index is 1.90. The summed E-state index contributed by atoms with van der Waals surface area (Å²) in [5.41, 5.74) is 0.906. The number of ether oxygens (including phenoxy) is 2. The van der Waals surface area contributed by atoms with Crippen molar-refractivity contribution in [1.29, 1.82) is 0 Å². The van der Waals surface area contributed by atoms with Gasteiger partial charge in [-0.3, -0.25) is 9.59 Å². The molecule has 0 saturated carbocycles. The van der Waals surface area contributed by atoms with Crippen molar-refractivity contribution in [3.05, 3.63) is 40.2 Å². The third-order valence-corrected chi connectivity index (χ3v) is 4.48. The van der Waals surface area contributed by atoms with Crippen molar-refractivity contribution in [2.24, 2.45) is 0 Å². The number of anilines is 1. The van der Waals surface area contributed by atoms with Crippen molar-refractivity contribution >= 4 is 28.5 Å². The molecule has 1 amide bonds. The first-order chi connectivity index (χ1) is 13.1. The van der Waals surface area contributed by atoms with Crippen LogP contribution in [-0.2, 0) is 19.1 Å². The molecule has 0 unspecified atom stereocenters. The number of nitrogens with one attached hydrogen (secondary N) is 1. The Hall–Kier alpha value is -2.71. The van der Waals surface area contributed by atoms with Gasteiger partial charge < -0.3 is 24.5 Å². The summed E-state index contributed by atoms with van der Waals surface area (Å²) in [7, 11) is 0. The van der Waals surface area contributed by atoms with Crippen LogP contribution in [0, 0.1) is 6.92 Å². The summed E-state index contributed by atoms with van der Waals surface area (Å²) >= 11 is 0. The topological polar surface area (TPSA) is 109 Å². The van der Waals surface area contributed by atoms with Crippen LogP contribution in [0.3, 0.4) is 0 Å². The highest BCUT2D eigenvalue weighted by Crippen LogP contribution is 2.29. The minimum Gasteiger partial charge on any atom is -0.458 e. The average Bonchev–Trinajstić information content (AvgIpc) is 2.61. The van der Waals surface area contributed by atoms with Gasteiger partial charge in [-0.2, -0.15) is 0 Å². The number of carbonyl (C=O) groups is 2. The van der Waals surface area contributed by atoms with Crippen molar-refractivity contribution in [2.75, 3.05) is 18.1 Å². The zero-order chi connectivity index (χ0) is 20.6. The second-order valence-electron chi connectivity index (χ2n) is 7.76. The van der Waals surface area contributed by atoms with Crippen LogP contribution in [0.15, 0.2) is 29.1 Å². The predicted molar refractivity (Wildman–Crippen MR) is 103 cm³/mol. The highest BCUT2D eigenvalue weighted by Gasteiger charge is 2.41. The van der Waals surface area contributed by atoms with E-state index >= 15 is 0 Å². The largest absolute Gasteiger partial charge is 0.458 e. The molecule has 0 radical (unpaired) electrons. The van der Waals surface area contributed by atoms with E-state index in [1.165, 1.54) is 11.0 Å². The molecule has 0 spiro atoms. The summed E-state index contributed by atoms with van der Waals surface area (Å²) < 4.78 is 10.5. The number of aryl methyl sites for hydroxylation is 1. The van der Waals surface area contributed by atoms with Gasteiger partial charge in [0.25, 0.3) is 5.91 Å². The molecular formula is C20H24N2O6. The first-order valence-corrected chi connectivity index (χ1v) is 9.05. The zero-order valence-electron chi connectivity index (χ0n) is 16.3. The highest BCUT2D eigenvalue weighted by molar-refractivity contribution is 6.02. The number of benzene rings is 1. The minimum atomic E-state index is -1.73. The van der Waals surface area contributed by atoms with Crippen LogP contribution < -0.4 is 10.5 Å². The molecule has 8 nitrogen and oxygen atoms in total. The number of amides is 1. The van der Waals surface area contributed by atoms with Gasteiger partial charge in [0.15, 0.2) is 12.2 Å². The van der Waals surface area contributed by atoms with Crippen LogP contribution in [-0.4, -0.2) is 52.9 Å². The third kappa shape index (κ3) is 3.93. The maximum absolute atomic E-state index is 13.0. The summed E-state index contributed by atoms with van der Waals surface area (Å²) in [6.45, 7) is 7.24. The monoisotopic (exact) mass is 388 g/mol. The number of carbonyl (C=O) groups excluding carboxylic acids is 2. The van der Waals surface area contributed by atoms with E-state index in [4.69, 9.17) is 9.47 Å². The Morgan fingerprint density at radius 1 is 1.29 bits per heavy atom. The van der Waals surface area contributed by atoms with Crippen molar-refractivity contribution in [3.63, 3.8) is 0 Å². The van der Waals surface area contributed by atoms with E-state index in [0.717, 1.165) is 10.9 Å². The zero-order valence-corrected chi connectivity index (χ0v) is 16.3. The van der Waals surface area contributed by atoms with Gasteiger partial charge in [-0.15, -0.1) is 0 Å². The van der Waals surface area contributed by atoms with E-state index in [-0.39, 0.29) is 18.7 Å². The predicted octanol–water partition coefficient (Wildman–Crippen LogP) is 1.27. The molecular weight excluding hydrogens is 364 g/mol. The van der Waals surface area contributed by atoms with Gasteiger partial charge in [-0.1, -0.05) is 6.07 Å². The summed E-state index contributed by atoms with van der Waals surface area (Å²) in [5, 5.41) is 11.2. The summed E-state index contributed by atoms with van der Waals surface area (Å²) in [5.74, 6) is -1.45. The molecule has 150 valence electrons. The number of aromatic nitrogens is 1. The lowest BCUT2D eigenvalue weighted by atomic mass is 10.1. The van der Waals surface area contributed by atoms with Crippen LogP contribution in [0.1, 0.15) is 26.3 Å². The Morgan fingerprint density at radius 3 is 2.64 bits per heavy atom. The lowest BCUT2D eigenvalue weighted by Crippen LogP contribution is -2.55. The number of aliphatic hydroxyl groups is 1. The lowest BCUT2D eigenvalue weighted by molar-refractivity contribution is -0.177. The molecule has 1 fully saturated rings. The normalized spacial score (nSPS) is 19.0. The lowest BCUT2D eigenvalue weighted by Gasteiger charge is -2.35. The smallest absolute Gasteiger partial charge is 0.338 e. The number of pyridine rings is 1. The van der Waals surface area contributed by atoms with Gasteiger partial charge in [-0.25, -0.2) is 4.79 Å². The third-order valence-electron chi connectivity index (χ3n) is 4.48. The number of aromatic amines is 1. The summed E-state index contributed by atoms with van der Waals surface area (Å²) in [4.78, 5) is 41.0. The maximum Gasteiger partial charge on any atom is 0.338 e. The molecule has 1 saturated heterocycles. The second-order valence-corrected chi connectivity index (χ2v) is 7.76. The molecule has 2 N–H and O–H groups in total. The molecule has 2 aromatic rings. The van der Waals surface area contributed by atoms with E-state index < -0.39 is 29.7 Å². The van der Waals surface area contributed by atoms with Crippen LogP contribution in [0.25, 0.3) is 10.9 Å². The number of aliphatic hydroxyl groups excluding tert-OH is 1. The van der Waals surface area contributed by atoms with Crippen LogP contribution in [0.2, 0.25) is 0 Å². The van der Waals surface area contributed by atoms with Gasteiger partial charge in [0.2, 0.25) is 5.56 Å². The van der Waals surface area contributed by atoms with Crippen molar-refractivity contribution in [1.82, 2.24) is 4.98 Å².